The van der Waals surface area contributed by atoms with Crippen molar-refractivity contribution >= 4 is 10.9 Å². The van der Waals surface area contributed by atoms with Gasteiger partial charge in [-0.15, -0.1) is 0 Å². The second kappa shape index (κ2) is 6.54. The number of hydrogen-bond donors (Lipinski definition) is 2. The number of hydrogen-bond acceptors (Lipinski definition) is 5. The third kappa shape index (κ3) is 2.61. The molecule has 0 aliphatic carbocycles. The summed E-state index contributed by atoms with van der Waals surface area (Å²) >= 11 is 0. The van der Waals surface area contributed by atoms with Crippen molar-refractivity contribution in [3.63, 3.8) is 0 Å². The minimum Gasteiger partial charge on any atom is -0.494 e. The van der Waals surface area contributed by atoms with Crippen LogP contribution in [0.4, 0.5) is 0 Å². The highest BCUT2D eigenvalue weighted by Crippen LogP contribution is 2.45. The van der Waals surface area contributed by atoms with E-state index < -0.39 is 5.92 Å². The van der Waals surface area contributed by atoms with Gasteiger partial charge in [-0.3, -0.25) is 4.79 Å². The number of allylic oxidation sites excluding steroid dienone is 1. The van der Waals surface area contributed by atoms with Gasteiger partial charge >= 0.3 is 0 Å². The van der Waals surface area contributed by atoms with Gasteiger partial charge in [0.15, 0.2) is 0 Å². The van der Waals surface area contributed by atoms with Crippen molar-refractivity contribution in [2.45, 2.75) is 12.8 Å². The lowest BCUT2D eigenvalue weighted by atomic mass is 9.83. The van der Waals surface area contributed by atoms with E-state index in [4.69, 9.17) is 15.2 Å². The first kappa shape index (κ1) is 16.7. The van der Waals surface area contributed by atoms with Gasteiger partial charge in [0.05, 0.1) is 23.6 Å². The number of fused-ring (bicyclic) bond motifs is 3. The Labute approximate surface area is 155 Å². The lowest BCUT2D eigenvalue weighted by Gasteiger charge is -2.27. The van der Waals surface area contributed by atoms with E-state index in [1.165, 1.54) is 0 Å². The van der Waals surface area contributed by atoms with Gasteiger partial charge in [0.2, 0.25) is 5.88 Å². The van der Waals surface area contributed by atoms with Crippen LogP contribution in [0.5, 0.6) is 11.5 Å². The Morgan fingerprint density at radius 2 is 1.96 bits per heavy atom. The number of ether oxygens (including phenoxy) is 2. The SMILES string of the molecule is CCOc1ccccc1[C@@H]1C(C#N)=C(N)Oc2c1c(=O)[nH]c1ccccc21. The molecule has 3 N–H and O–H groups in total. The molecule has 2 aromatic carbocycles. The fourth-order valence-corrected chi connectivity index (χ4v) is 3.49. The average molecular weight is 359 g/mol. The molecule has 0 fully saturated rings. The Morgan fingerprint density at radius 1 is 1.22 bits per heavy atom. The maximum Gasteiger partial charge on any atom is 0.256 e. The quantitative estimate of drug-likeness (QED) is 0.748. The maximum atomic E-state index is 12.9. The van der Waals surface area contributed by atoms with Crippen LogP contribution >= 0.6 is 0 Å². The molecule has 2 heterocycles. The van der Waals surface area contributed by atoms with E-state index in [0.29, 0.717) is 34.7 Å². The van der Waals surface area contributed by atoms with E-state index in [1.54, 1.807) is 6.07 Å². The molecule has 0 amide bonds. The van der Waals surface area contributed by atoms with Gasteiger partial charge in [-0.05, 0) is 25.1 Å². The molecular weight excluding hydrogens is 342 g/mol. The predicted molar refractivity (Wildman–Crippen MR) is 101 cm³/mol. The van der Waals surface area contributed by atoms with Crippen LogP contribution in [0, 0.1) is 11.3 Å². The highest BCUT2D eigenvalue weighted by molar-refractivity contribution is 5.87. The number of pyridine rings is 1. The van der Waals surface area contributed by atoms with Crippen LogP contribution in [0.2, 0.25) is 0 Å². The van der Waals surface area contributed by atoms with Crippen LogP contribution in [-0.2, 0) is 0 Å². The monoisotopic (exact) mass is 359 g/mol. The number of benzene rings is 2. The van der Waals surface area contributed by atoms with Crippen LogP contribution < -0.4 is 20.8 Å². The lowest BCUT2D eigenvalue weighted by molar-refractivity contribution is 0.334. The molecule has 0 saturated carbocycles. The van der Waals surface area contributed by atoms with Crippen molar-refractivity contribution in [1.29, 1.82) is 5.26 Å². The van der Waals surface area contributed by atoms with Gasteiger partial charge in [0, 0.05) is 10.9 Å². The Bertz CT molecular complexity index is 1170. The Balaban J connectivity index is 2.07. The van der Waals surface area contributed by atoms with E-state index >= 15 is 0 Å². The highest BCUT2D eigenvalue weighted by atomic mass is 16.5. The van der Waals surface area contributed by atoms with E-state index in [-0.39, 0.29) is 17.0 Å². The molecular formula is C21H17N3O3. The third-order valence-electron chi connectivity index (χ3n) is 4.61. The van der Waals surface area contributed by atoms with Crippen LogP contribution in [0.3, 0.4) is 0 Å². The third-order valence-corrected chi connectivity index (χ3v) is 4.61. The van der Waals surface area contributed by atoms with Crippen molar-refractivity contribution < 1.29 is 9.47 Å². The Morgan fingerprint density at radius 3 is 2.74 bits per heavy atom. The van der Waals surface area contributed by atoms with E-state index in [9.17, 15) is 10.1 Å². The zero-order valence-electron chi connectivity index (χ0n) is 14.7. The number of aromatic amines is 1. The summed E-state index contributed by atoms with van der Waals surface area (Å²) in [5, 5.41) is 10.5. The van der Waals surface area contributed by atoms with Crippen molar-refractivity contribution in [2.75, 3.05) is 6.61 Å². The number of rotatable bonds is 3. The van der Waals surface area contributed by atoms with Gasteiger partial charge in [-0.25, -0.2) is 0 Å². The Kier molecular flexibility index (Phi) is 4.05. The topological polar surface area (TPSA) is 101 Å². The number of nitrogens with zero attached hydrogens (tertiary/aromatic N) is 1. The summed E-state index contributed by atoms with van der Waals surface area (Å²) in [6.07, 6.45) is 0. The van der Waals surface area contributed by atoms with Gasteiger partial charge in [0.25, 0.3) is 5.56 Å². The smallest absolute Gasteiger partial charge is 0.256 e. The van der Waals surface area contributed by atoms with Crippen LogP contribution in [-0.4, -0.2) is 11.6 Å². The molecule has 0 spiro atoms. The number of nitrogens with two attached hydrogens (primary N) is 1. The van der Waals surface area contributed by atoms with Gasteiger partial charge in [-0.2, -0.15) is 5.26 Å². The molecule has 6 nitrogen and oxygen atoms in total. The second-order valence-electron chi connectivity index (χ2n) is 6.14. The lowest BCUT2D eigenvalue weighted by Crippen LogP contribution is -2.28. The summed E-state index contributed by atoms with van der Waals surface area (Å²) in [6, 6.07) is 16.8. The normalized spacial score (nSPS) is 15.8. The molecule has 0 saturated heterocycles. The first-order chi connectivity index (χ1) is 13.2. The van der Waals surface area contributed by atoms with Crippen LogP contribution in [0.15, 0.2) is 64.8 Å². The fourth-order valence-electron chi connectivity index (χ4n) is 3.49. The summed E-state index contributed by atoms with van der Waals surface area (Å²) in [7, 11) is 0. The summed E-state index contributed by atoms with van der Waals surface area (Å²) in [5.41, 5.74) is 7.65. The summed E-state index contributed by atoms with van der Waals surface area (Å²) in [4.78, 5) is 15.8. The first-order valence-corrected chi connectivity index (χ1v) is 8.60. The molecule has 0 radical (unpaired) electrons. The minimum atomic E-state index is -0.671. The van der Waals surface area contributed by atoms with Crippen molar-refractivity contribution in [3.05, 3.63) is 81.5 Å². The largest absolute Gasteiger partial charge is 0.494 e. The predicted octanol–water partition coefficient (Wildman–Crippen LogP) is 3.14. The van der Waals surface area contributed by atoms with Gasteiger partial charge in [-0.1, -0.05) is 30.3 Å². The van der Waals surface area contributed by atoms with Gasteiger partial charge in [0.1, 0.15) is 23.1 Å². The fraction of sp³-hybridized carbons (Fsp3) is 0.143. The van der Waals surface area contributed by atoms with Crippen LogP contribution in [0.25, 0.3) is 10.9 Å². The molecule has 1 aliphatic rings. The standard InChI is InChI=1S/C21H17N3O3/c1-2-26-16-10-6-4-8-13(16)17-14(11-22)20(23)27-19-12-7-3-5-9-15(12)24-21(25)18(17)19/h3-10,17H,2,23H2,1H3,(H,24,25)/t17-/m1/s1. The molecule has 6 heteroatoms. The van der Waals surface area contributed by atoms with Crippen molar-refractivity contribution in [2.24, 2.45) is 5.73 Å². The number of nitriles is 1. The Hall–Kier alpha value is -3.72. The summed E-state index contributed by atoms with van der Waals surface area (Å²) < 4.78 is 11.5. The van der Waals surface area contributed by atoms with Gasteiger partial charge < -0.3 is 20.2 Å². The molecule has 1 atom stereocenters. The highest BCUT2D eigenvalue weighted by Gasteiger charge is 2.35. The second-order valence-corrected chi connectivity index (χ2v) is 6.14. The van der Waals surface area contributed by atoms with E-state index in [2.05, 4.69) is 11.1 Å². The average Bonchev–Trinajstić information content (AvgIpc) is 2.68. The minimum absolute atomic E-state index is 0.00273. The molecule has 0 bridgehead atoms. The van der Waals surface area contributed by atoms with E-state index in [0.717, 1.165) is 5.39 Å². The summed E-state index contributed by atoms with van der Waals surface area (Å²) in [5.74, 6) is 0.306. The first-order valence-electron chi connectivity index (χ1n) is 8.60. The van der Waals surface area contributed by atoms with Crippen molar-refractivity contribution in [1.82, 2.24) is 4.98 Å². The van der Waals surface area contributed by atoms with Crippen LogP contribution in [0.1, 0.15) is 24.0 Å². The molecule has 134 valence electrons. The number of aromatic nitrogens is 1. The molecule has 0 unspecified atom stereocenters. The number of nitrogens with one attached hydrogen (secondary N) is 1. The van der Waals surface area contributed by atoms with Crippen molar-refractivity contribution in [3.8, 4) is 17.6 Å². The molecule has 27 heavy (non-hydrogen) atoms. The molecule has 4 rings (SSSR count). The zero-order chi connectivity index (χ0) is 19.0. The van der Waals surface area contributed by atoms with E-state index in [1.807, 2.05) is 49.4 Å². The molecule has 1 aromatic heterocycles. The number of para-hydroxylation sites is 2. The zero-order valence-corrected chi connectivity index (χ0v) is 14.7. The summed E-state index contributed by atoms with van der Waals surface area (Å²) in [6.45, 7) is 2.34. The number of H-pyrrole nitrogens is 1. The molecule has 3 aromatic rings. The maximum absolute atomic E-state index is 12.9. The molecule has 1 aliphatic heterocycles.